The van der Waals surface area contributed by atoms with E-state index in [1.807, 2.05) is 0 Å². The van der Waals surface area contributed by atoms with Crippen molar-refractivity contribution in [2.75, 3.05) is 7.11 Å². The number of rotatable bonds is 4. The molecule has 3 rings (SSSR count). The molecule has 164 valence electrons. The molecule has 6 nitrogen and oxygen atoms in total. The second-order valence-electron chi connectivity index (χ2n) is 6.44. The van der Waals surface area contributed by atoms with Gasteiger partial charge in [0.25, 0.3) is 5.91 Å². The van der Waals surface area contributed by atoms with Crippen LogP contribution in [0.1, 0.15) is 21.6 Å². The van der Waals surface area contributed by atoms with Crippen molar-refractivity contribution in [1.82, 2.24) is 4.57 Å². The number of phenols is 1. The van der Waals surface area contributed by atoms with E-state index in [0.29, 0.717) is 0 Å². The second kappa shape index (κ2) is 7.89. The third kappa shape index (κ3) is 4.16. The summed E-state index contributed by atoms with van der Waals surface area (Å²) in [5, 5.41) is 9.28. The van der Waals surface area contributed by atoms with Crippen LogP contribution in [0.4, 0.5) is 22.0 Å². The molecule has 31 heavy (non-hydrogen) atoms. The highest BCUT2D eigenvalue weighted by atomic mass is 19.4. The molecular weight excluding hydrogens is 429 g/mol. The number of benzene rings is 2. The van der Waals surface area contributed by atoms with Gasteiger partial charge >= 0.3 is 12.3 Å². The Balaban J connectivity index is 2.16. The van der Waals surface area contributed by atoms with Crippen molar-refractivity contribution >= 4 is 22.8 Å². The lowest BCUT2D eigenvalue weighted by Gasteiger charge is -2.11. The zero-order valence-corrected chi connectivity index (χ0v) is 16.0. The minimum atomic E-state index is -4.92. The van der Waals surface area contributed by atoms with E-state index in [9.17, 15) is 36.6 Å². The monoisotopic (exact) mass is 443 g/mol. The quantitative estimate of drug-likeness (QED) is 0.482. The van der Waals surface area contributed by atoms with Gasteiger partial charge < -0.3 is 14.6 Å². The molecule has 0 saturated heterocycles. The first-order chi connectivity index (χ1) is 14.4. The first-order valence-electron chi connectivity index (χ1n) is 8.62. The maximum atomic E-state index is 14.7. The van der Waals surface area contributed by atoms with E-state index in [0.717, 1.165) is 42.0 Å². The van der Waals surface area contributed by atoms with Crippen LogP contribution in [0.2, 0.25) is 0 Å². The third-order valence-corrected chi connectivity index (χ3v) is 4.57. The number of hydrogen-bond donors (Lipinski definition) is 1. The molecule has 1 N–H and O–H groups in total. The van der Waals surface area contributed by atoms with Crippen LogP contribution in [0.3, 0.4) is 0 Å². The van der Waals surface area contributed by atoms with Crippen molar-refractivity contribution < 1.29 is 46.1 Å². The van der Waals surface area contributed by atoms with E-state index in [2.05, 4.69) is 9.47 Å². The molecule has 0 fully saturated rings. The van der Waals surface area contributed by atoms with Gasteiger partial charge in [0.1, 0.15) is 5.75 Å². The molecule has 0 aliphatic heterocycles. The lowest BCUT2D eigenvalue weighted by molar-refractivity contribution is -0.274. The highest BCUT2D eigenvalue weighted by Crippen LogP contribution is 2.35. The Kier molecular flexibility index (Phi) is 5.62. The maximum Gasteiger partial charge on any atom is 0.573 e. The van der Waals surface area contributed by atoms with E-state index < -0.39 is 47.8 Å². The van der Waals surface area contributed by atoms with Gasteiger partial charge in [-0.1, -0.05) is 0 Å². The van der Waals surface area contributed by atoms with E-state index in [1.54, 1.807) is 0 Å². The van der Waals surface area contributed by atoms with Crippen molar-refractivity contribution in [2.45, 2.75) is 19.7 Å². The Hall–Kier alpha value is -3.63. The highest BCUT2D eigenvalue weighted by molar-refractivity contribution is 6.05. The Morgan fingerprint density at radius 2 is 1.74 bits per heavy atom. The summed E-state index contributed by atoms with van der Waals surface area (Å²) in [5.74, 6) is -6.15. The summed E-state index contributed by atoms with van der Waals surface area (Å²) in [6.45, 7) is 1.37. The van der Waals surface area contributed by atoms with Crippen molar-refractivity contribution in [3.8, 4) is 11.5 Å². The predicted octanol–water partition coefficient (Wildman–Crippen LogP) is 4.24. The van der Waals surface area contributed by atoms with Gasteiger partial charge in [-0.3, -0.25) is 14.2 Å². The average Bonchev–Trinajstić information content (AvgIpc) is 2.96. The predicted molar refractivity (Wildman–Crippen MR) is 96.8 cm³/mol. The van der Waals surface area contributed by atoms with Crippen LogP contribution >= 0.6 is 0 Å². The highest BCUT2D eigenvalue weighted by Gasteiger charge is 2.31. The smallest absolute Gasteiger partial charge is 0.503 e. The van der Waals surface area contributed by atoms with Gasteiger partial charge in [-0.15, -0.1) is 13.2 Å². The van der Waals surface area contributed by atoms with Crippen LogP contribution in [0.5, 0.6) is 11.5 Å². The first-order valence-corrected chi connectivity index (χ1v) is 8.62. The molecule has 0 aliphatic rings. The van der Waals surface area contributed by atoms with Crippen LogP contribution in [0.15, 0.2) is 30.3 Å². The van der Waals surface area contributed by atoms with E-state index in [4.69, 9.17) is 0 Å². The number of aromatic hydroxyl groups is 1. The summed E-state index contributed by atoms with van der Waals surface area (Å²) >= 11 is 0. The molecule has 0 amide bonds. The van der Waals surface area contributed by atoms with Crippen molar-refractivity contribution in [3.63, 3.8) is 0 Å². The standard InChI is InChI=1S/C20H14F5NO5/c1-9-12(7-15(27)30-2)16-14(8-13(21)18(28)17(16)22)26(9)19(29)10-3-5-11(6-4-10)31-20(23,24)25/h3-6,8,28H,7H2,1-2H3. The van der Waals surface area contributed by atoms with E-state index in [1.165, 1.54) is 6.92 Å². The molecule has 0 aliphatic carbocycles. The van der Waals surface area contributed by atoms with Gasteiger partial charge in [-0.05, 0) is 36.8 Å². The summed E-state index contributed by atoms with van der Waals surface area (Å²) in [7, 11) is 1.10. The summed E-state index contributed by atoms with van der Waals surface area (Å²) in [4.78, 5) is 24.8. The first kappa shape index (κ1) is 22.1. The van der Waals surface area contributed by atoms with Crippen LogP contribution in [-0.4, -0.2) is 35.0 Å². The molecule has 1 heterocycles. The maximum absolute atomic E-state index is 14.7. The van der Waals surface area contributed by atoms with Crippen molar-refractivity contribution in [1.29, 1.82) is 0 Å². The Labute approximate surface area is 171 Å². The van der Waals surface area contributed by atoms with Gasteiger partial charge in [-0.2, -0.15) is 0 Å². The normalized spacial score (nSPS) is 11.6. The van der Waals surface area contributed by atoms with Crippen LogP contribution in [-0.2, 0) is 16.0 Å². The topological polar surface area (TPSA) is 77.8 Å². The van der Waals surface area contributed by atoms with Crippen LogP contribution in [0.25, 0.3) is 10.9 Å². The van der Waals surface area contributed by atoms with E-state index >= 15 is 0 Å². The number of nitrogens with zero attached hydrogens (tertiary/aromatic N) is 1. The zero-order chi connectivity index (χ0) is 23.1. The fourth-order valence-electron chi connectivity index (χ4n) is 3.18. The number of fused-ring (bicyclic) bond motifs is 1. The number of methoxy groups -OCH3 is 1. The average molecular weight is 443 g/mol. The number of carbonyl (C=O) groups is 2. The number of alkyl halides is 3. The minimum Gasteiger partial charge on any atom is -0.503 e. The second-order valence-corrected chi connectivity index (χ2v) is 6.44. The van der Waals surface area contributed by atoms with Gasteiger partial charge in [0.05, 0.1) is 19.0 Å². The van der Waals surface area contributed by atoms with Crippen LogP contribution < -0.4 is 4.74 Å². The van der Waals surface area contributed by atoms with Crippen molar-refractivity contribution in [2.24, 2.45) is 0 Å². The lowest BCUT2D eigenvalue weighted by Crippen LogP contribution is -2.17. The number of ether oxygens (including phenoxy) is 2. The molecule has 0 atom stereocenters. The molecule has 0 unspecified atom stereocenters. The zero-order valence-electron chi connectivity index (χ0n) is 16.0. The van der Waals surface area contributed by atoms with Gasteiger partial charge in [0.15, 0.2) is 17.4 Å². The molecule has 0 saturated carbocycles. The number of aromatic nitrogens is 1. The van der Waals surface area contributed by atoms with Gasteiger partial charge in [-0.25, -0.2) is 8.78 Å². The minimum absolute atomic E-state index is 0.0139. The molecule has 1 aromatic heterocycles. The molecule has 0 bridgehead atoms. The molecule has 2 aromatic carbocycles. The van der Waals surface area contributed by atoms with E-state index in [-0.39, 0.29) is 27.7 Å². The molecule has 0 spiro atoms. The third-order valence-electron chi connectivity index (χ3n) is 4.57. The fourth-order valence-corrected chi connectivity index (χ4v) is 3.18. The number of esters is 1. The lowest BCUT2D eigenvalue weighted by atomic mass is 10.1. The molecular formula is C20H14F5NO5. The summed E-state index contributed by atoms with van der Waals surface area (Å²) in [6.07, 6.45) is -5.39. The number of phenolic OH excluding ortho intramolecular Hbond substituents is 1. The fraction of sp³-hybridized carbons (Fsp3) is 0.200. The Bertz CT molecular complexity index is 1180. The van der Waals surface area contributed by atoms with Gasteiger partial charge in [0, 0.05) is 22.7 Å². The SMILES string of the molecule is COC(=O)Cc1c(C)n(C(=O)c2ccc(OC(F)(F)F)cc2)c2cc(F)c(O)c(F)c12. The largest absolute Gasteiger partial charge is 0.573 e. The number of carbonyl (C=O) groups excluding carboxylic acids is 2. The summed E-state index contributed by atoms with van der Waals surface area (Å²) < 4.78 is 74.8. The van der Waals surface area contributed by atoms with Crippen LogP contribution in [0, 0.1) is 18.6 Å². The summed E-state index contributed by atoms with van der Waals surface area (Å²) in [6, 6.07) is 4.62. The molecule has 0 radical (unpaired) electrons. The van der Waals surface area contributed by atoms with Gasteiger partial charge in [0.2, 0.25) is 0 Å². The molecule has 3 aromatic rings. The Morgan fingerprint density at radius 3 is 2.29 bits per heavy atom. The number of hydrogen-bond acceptors (Lipinski definition) is 5. The molecule has 11 heteroatoms. The van der Waals surface area contributed by atoms with Crippen molar-refractivity contribution in [3.05, 3.63) is 58.8 Å². The summed E-state index contributed by atoms with van der Waals surface area (Å²) in [5.41, 5.74) is -0.345. The Morgan fingerprint density at radius 1 is 1.13 bits per heavy atom. The number of halogens is 5.